The molecule has 0 unspecified atom stereocenters. The lowest BCUT2D eigenvalue weighted by Gasteiger charge is -2.28. The van der Waals surface area contributed by atoms with Crippen LogP contribution in [0.3, 0.4) is 0 Å². The number of carbonyl (C=O) groups excluding carboxylic acids is 5. The van der Waals surface area contributed by atoms with Crippen molar-refractivity contribution in [1.82, 2.24) is 45.9 Å². The van der Waals surface area contributed by atoms with Crippen LogP contribution in [0.1, 0.15) is 77.9 Å². The second-order valence-corrected chi connectivity index (χ2v) is 15.1. The molecule has 17 heteroatoms. The Bertz CT molecular complexity index is 2360. The minimum absolute atomic E-state index is 0.0155. The number of nitrogens with one attached hydrogen (secondary N) is 5. The molecule has 17 nitrogen and oxygen atoms in total. The minimum Gasteiger partial charge on any atom is -0.493 e. The summed E-state index contributed by atoms with van der Waals surface area (Å²) in [6.07, 6.45) is 2.69. The summed E-state index contributed by atoms with van der Waals surface area (Å²) in [5, 5.41) is 17.2. The van der Waals surface area contributed by atoms with Crippen molar-refractivity contribution >= 4 is 40.4 Å². The van der Waals surface area contributed by atoms with Gasteiger partial charge in [-0.2, -0.15) is 5.10 Å². The Labute approximate surface area is 347 Å². The van der Waals surface area contributed by atoms with Gasteiger partial charge in [-0.25, -0.2) is 9.67 Å². The van der Waals surface area contributed by atoms with E-state index in [2.05, 4.69) is 31.3 Å². The van der Waals surface area contributed by atoms with Crippen molar-refractivity contribution in [2.45, 2.75) is 78.6 Å². The van der Waals surface area contributed by atoms with Gasteiger partial charge in [0.15, 0.2) is 17.3 Å². The van der Waals surface area contributed by atoms with E-state index in [0.29, 0.717) is 41.1 Å². The molecule has 5 aromatic rings. The van der Waals surface area contributed by atoms with Crippen molar-refractivity contribution in [3.8, 4) is 11.5 Å². The van der Waals surface area contributed by atoms with E-state index in [0.717, 1.165) is 22.0 Å². The quantitative estimate of drug-likeness (QED) is 0.146. The minimum atomic E-state index is -1.14. The fraction of sp³-hybridized carbons (Fsp3) is 0.419. The lowest BCUT2D eigenvalue weighted by molar-refractivity contribution is -0.133. The van der Waals surface area contributed by atoms with Crippen LogP contribution in [0.4, 0.5) is 0 Å². The number of amides is 5. The number of hydrogen-bond donors (Lipinski definition) is 5. The Hall–Kier alpha value is -6.65. The maximum Gasteiger partial charge on any atom is 0.257 e. The third-order valence-corrected chi connectivity index (χ3v) is 10.7. The fourth-order valence-corrected chi connectivity index (χ4v) is 7.34. The number of methoxy groups -OCH3 is 2. The molecular weight excluding hydrogens is 771 g/mol. The largest absolute Gasteiger partial charge is 0.493 e. The van der Waals surface area contributed by atoms with Gasteiger partial charge in [-0.05, 0) is 62.1 Å². The smallest absolute Gasteiger partial charge is 0.257 e. The number of nitrogens with zero attached hydrogens (tertiary/aromatic N) is 4. The Morgan fingerprint density at radius 1 is 0.950 bits per heavy atom. The highest BCUT2D eigenvalue weighted by molar-refractivity contribution is 5.98. The van der Waals surface area contributed by atoms with Gasteiger partial charge in [0, 0.05) is 43.0 Å². The van der Waals surface area contributed by atoms with E-state index in [1.54, 1.807) is 53.3 Å². The van der Waals surface area contributed by atoms with Crippen molar-refractivity contribution in [1.29, 1.82) is 0 Å². The molecule has 0 spiro atoms. The first kappa shape index (κ1) is 42.9. The summed E-state index contributed by atoms with van der Waals surface area (Å²) in [6.45, 7) is 8.12. The van der Waals surface area contributed by atoms with Gasteiger partial charge in [-0.1, -0.05) is 44.5 Å². The van der Waals surface area contributed by atoms with Gasteiger partial charge in [0.2, 0.25) is 23.6 Å². The molecule has 5 amide bonds. The third kappa shape index (κ3) is 9.96. The highest BCUT2D eigenvalue weighted by Crippen LogP contribution is 2.28. The molecule has 0 fully saturated rings. The second-order valence-electron chi connectivity index (χ2n) is 15.1. The van der Waals surface area contributed by atoms with E-state index in [9.17, 15) is 24.0 Å². The molecule has 1 aliphatic rings. The van der Waals surface area contributed by atoms with Crippen molar-refractivity contribution in [3.05, 3.63) is 94.6 Å². The summed E-state index contributed by atoms with van der Waals surface area (Å²) < 4.78 is 17.9. The molecule has 318 valence electrons. The molecular formula is C43H53N9O8. The lowest BCUT2D eigenvalue weighted by Crippen LogP contribution is -2.57. The number of fused-ring (bicyclic) bond motifs is 2. The monoisotopic (exact) mass is 823 g/mol. The van der Waals surface area contributed by atoms with Crippen molar-refractivity contribution in [2.24, 2.45) is 5.92 Å². The van der Waals surface area contributed by atoms with Gasteiger partial charge < -0.3 is 45.0 Å². The van der Waals surface area contributed by atoms with Gasteiger partial charge >= 0.3 is 0 Å². The number of furan rings is 1. The van der Waals surface area contributed by atoms with E-state index < -0.39 is 54.2 Å². The van der Waals surface area contributed by atoms with Crippen molar-refractivity contribution in [2.75, 3.05) is 33.9 Å². The Balaban J connectivity index is 1.35. The second kappa shape index (κ2) is 18.9. The normalized spacial score (nSPS) is 19.0. The zero-order chi connectivity index (χ0) is 43.1. The van der Waals surface area contributed by atoms with E-state index in [-0.39, 0.29) is 44.0 Å². The molecule has 0 saturated carbocycles. The molecule has 0 saturated heterocycles. The first-order chi connectivity index (χ1) is 28.8. The first-order valence-corrected chi connectivity index (χ1v) is 20.0. The number of para-hydroxylation sites is 1. The lowest BCUT2D eigenvalue weighted by atomic mass is 9.96. The summed E-state index contributed by atoms with van der Waals surface area (Å²) in [5.74, 6) is -0.215. The molecule has 1 aliphatic heterocycles. The van der Waals surface area contributed by atoms with Crippen LogP contribution in [0.15, 0.2) is 59.1 Å². The predicted molar refractivity (Wildman–Crippen MR) is 221 cm³/mol. The first-order valence-electron chi connectivity index (χ1n) is 20.0. The molecule has 3 aromatic heterocycles. The SMILES string of the molecule is CC[C@H](C)[C@@H]1NC(=O)[C@@H](Cc2c[nH]c3ccccc23)NC(=O)CN(C(=O)c2cc(C)oc2C)CCNC(=O)Cn2nc(Cc3ccc(OC)c(OC)c3)nc2[C@@H](C)NC1=O. The zero-order valence-corrected chi connectivity index (χ0v) is 35.0. The van der Waals surface area contributed by atoms with Crippen LogP contribution in [0, 0.1) is 19.8 Å². The molecule has 0 radical (unpaired) electrons. The van der Waals surface area contributed by atoms with Crippen LogP contribution in [0.25, 0.3) is 10.9 Å². The number of H-pyrrole nitrogens is 1. The van der Waals surface area contributed by atoms with Crippen LogP contribution in [0.5, 0.6) is 11.5 Å². The molecule has 0 aliphatic carbocycles. The van der Waals surface area contributed by atoms with Gasteiger partial charge in [0.25, 0.3) is 5.91 Å². The summed E-state index contributed by atoms with van der Waals surface area (Å²) in [4.78, 5) is 79.3. The Kier molecular flexibility index (Phi) is 13.6. The van der Waals surface area contributed by atoms with Gasteiger partial charge in [0.05, 0.1) is 32.4 Å². The van der Waals surface area contributed by atoms with Gasteiger partial charge in [0.1, 0.15) is 36.0 Å². The molecule has 6 rings (SSSR count). The van der Waals surface area contributed by atoms with Crippen LogP contribution in [-0.2, 0) is 38.6 Å². The number of benzene rings is 2. The maximum absolute atomic E-state index is 14.4. The summed E-state index contributed by atoms with van der Waals surface area (Å²) in [6, 6.07) is 11.7. The van der Waals surface area contributed by atoms with E-state index in [1.807, 2.05) is 50.2 Å². The van der Waals surface area contributed by atoms with Crippen LogP contribution in [0.2, 0.25) is 0 Å². The fourth-order valence-electron chi connectivity index (χ4n) is 7.34. The summed E-state index contributed by atoms with van der Waals surface area (Å²) >= 11 is 0. The average molecular weight is 824 g/mol. The molecule has 4 atom stereocenters. The number of aromatic amines is 1. The number of aryl methyl sites for hydroxylation is 2. The standard InChI is InChI=1S/C43H53N9O8/c1-8-24(2)39-42(56)46-26(4)40-48-36(19-28-13-14-34(58-6)35(18-28)59-7)50-52(40)23-37(53)44-15-16-51(43(57)31-17-25(3)60-27(31)5)22-38(54)47-33(41(55)49-39)20-29-21-45-32-12-10-9-11-30(29)32/h9-14,17-18,21,24,26,33,39,45H,8,15-16,19-20,22-23H2,1-7H3,(H,44,53)(H,46,56)(H,47,54)(H,49,55)/t24-,26+,33+,39-/m0/s1. The van der Waals surface area contributed by atoms with Crippen LogP contribution < -0.4 is 30.7 Å². The van der Waals surface area contributed by atoms with E-state index in [4.69, 9.17) is 18.9 Å². The molecule has 0 bridgehead atoms. The van der Waals surface area contributed by atoms with Crippen LogP contribution in [-0.4, -0.2) is 100 Å². The van der Waals surface area contributed by atoms with Crippen molar-refractivity contribution < 1.29 is 37.9 Å². The molecule has 2 aromatic carbocycles. The van der Waals surface area contributed by atoms with Gasteiger partial charge in [-0.3, -0.25) is 24.0 Å². The maximum atomic E-state index is 14.4. The number of rotatable bonds is 9. The highest BCUT2D eigenvalue weighted by Gasteiger charge is 2.33. The topological polar surface area (TPSA) is 215 Å². The zero-order valence-electron chi connectivity index (χ0n) is 35.0. The molecule has 4 heterocycles. The number of ether oxygens (including phenoxy) is 2. The number of aromatic nitrogens is 4. The number of hydrogen-bond acceptors (Lipinski definition) is 10. The number of carbonyl (C=O) groups is 5. The predicted octanol–water partition coefficient (Wildman–Crippen LogP) is 3.29. The molecule has 5 N–H and O–H groups in total. The molecule has 60 heavy (non-hydrogen) atoms. The average Bonchev–Trinajstić information content (AvgIpc) is 3.93. The van der Waals surface area contributed by atoms with Crippen molar-refractivity contribution in [3.63, 3.8) is 0 Å². The Morgan fingerprint density at radius 3 is 2.43 bits per heavy atom. The van der Waals surface area contributed by atoms with E-state index in [1.165, 1.54) is 9.58 Å². The summed E-state index contributed by atoms with van der Waals surface area (Å²) in [7, 11) is 3.09. The van der Waals surface area contributed by atoms with Gasteiger partial charge in [-0.15, -0.1) is 0 Å². The van der Waals surface area contributed by atoms with E-state index >= 15 is 0 Å². The third-order valence-electron chi connectivity index (χ3n) is 10.7. The summed E-state index contributed by atoms with van der Waals surface area (Å²) in [5.41, 5.74) is 2.72. The van der Waals surface area contributed by atoms with Crippen LogP contribution >= 0.6 is 0 Å². The Morgan fingerprint density at radius 2 is 1.72 bits per heavy atom. The highest BCUT2D eigenvalue weighted by atomic mass is 16.5.